The average molecular weight is 280 g/mol. The Morgan fingerprint density at radius 2 is 1.63 bits per heavy atom. The minimum Gasteiger partial charge on any atom is -0.391 e. The molecule has 4 heteroatoms. The molecule has 19 heavy (non-hydrogen) atoms. The maximum atomic E-state index is 12.5. The highest BCUT2D eigenvalue weighted by Gasteiger charge is 2.57. The number of thiocarbonyl (C=S) groups is 1. The van der Waals surface area contributed by atoms with Gasteiger partial charge in [0, 0.05) is 5.92 Å². The normalized spacial score (nSPS) is 36.1. The highest BCUT2D eigenvalue weighted by molar-refractivity contribution is 7.80. The zero-order chi connectivity index (χ0) is 13.5. The SMILES string of the molecule is NC(=S)C1(NC(=O)C2C3CCCC32)CCCCCC1. The van der Waals surface area contributed by atoms with Crippen LogP contribution in [0, 0.1) is 17.8 Å². The van der Waals surface area contributed by atoms with Crippen LogP contribution in [0.2, 0.25) is 0 Å². The summed E-state index contributed by atoms with van der Waals surface area (Å²) >= 11 is 5.28. The van der Waals surface area contributed by atoms with Crippen LogP contribution in [-0.4, -0.2) is 16.4 Å². The molecule has 0 spiro atoms. The molecule has 3 nitrogen and oxygen atoms in total. The first-order chi connectivity index (χ1) is 9.14. The van der Waals surface area contributed by atoms with Gasteiger partial charge in [-0.2, -0.15) is 0 Å². The van der Waals surface area contributed by atoms with Crippen molar-refractivity contribution in [1.29, 1.82) is 0 Å². The molecule has 0 aliphatic heterocycles. The highest BCUT2D eigenvalue weighted by Crippen LogP contribution is 2.57. The molecular weight excluding hydrogens is 256 g/mol. The summed E-state index contributed by atoms with van der Waals surface area (Å²) in [7, 11) is 0. The van der Waals surface area contributed by atoms with Gasteiger partial charge in [-0.1, -0.05) is 44.3 Å². The lowest BCUT2D eigenvalue weighted by atomic mass is 9.89. The van der Waals surface area contributed by atoms with Gasteiger partial charge in [0.25, 0.3) is 0 Å². The van der Waals surface area contributed by atoms with E-state index < -0.39 is 0 Å². The largest absolute Gasteiger partial charge is 0.391 e. The number of rotatable bonds is 3. The molecule has 0 aromatic heterocycles. The Morgan fingerprint density at radius 3 is 2.16 bits per heavy atom. The maximum absolute atomic E-state index is 12.5. The van der Waals surface area contributed by atoms with Gasteiger partial charge in [-0.15, -0.1) is 0 Å². The van der Waals surface area contributed by atoms with Crippen molar-refractivity contribution >= 4 is 23.1 Å². The van der Waals surface area contributed by atoms with E-state index in [1.165, 1.54) is 32.1 Å². The molecule has 0 aromatic rings. The molecule has 0 bridgehead atoms. The Balaban J connectivity index is 1.67. The summed E-state index contributed by atoms with van der Waals surface area (Å²) in [5, 5.41) is 3.26. The van der Waals surface area contributed by atoms with Crippen LogP contribution in [-0.2, 0) is 4.79 Å². The summed E-state index contributed by atoms with van der Waals surface area (Å²) in [6, 6.07) is 0. The molecule has 3 saturated carbocycles. The van der Waals surface area contributed by atoms with Gasteiger partial charge in [0.2, 0.25) is 5.91 Å². The third kappa shape index (κ3) is 2.39. The Morgan fingerprint density at radius 1 is 1.05 bits per heavy atom. The standard InChI is InChI=1S/C15H24N2OS/c16-14(19)15(8-3-1-2-4-9-15)17-13(18)12-10-6-5-7-11(10)12/h10-12H,1-9H2,(H2,16,19)(H,17,18). The lowest BCUT2D eigenvalue weighted by molar-refractivity contribution is -0.124. The molecule has 3 rings (SSSR count). The van der Waals surface area contributed by atoms with Crippen molar-refractivity contribution < 1.29 is 4.79 Å². The van der Waals surface area contributed by atoms with Crippen molar-refractivity contribution in [1.82, 2.24) is 5.32 Å². The summed E-state index contributed by atoms with van der Waals surface area (Å²) in [5.74, 6) is 1.82. The van der Waals surface area contributed by atoms with Crippen LogP contribution in [0.15, 0.2) is 0 Å². The molecule has 0 aromatic carbocycles. The summed E-state index contributed by atoms with van der Waals surface area (Å²) in [5.41, 5.74) is 5.58. The molecule has 106 valence electrons. The smallest absolute Gasteiger partial charge is 0.224 e. The summed E-state index contributed by atoms with van der Waals surface area (Å²) in [4.78, 5) is 13.0. The summed E-state index contributed by atoms with van der Waals surface area (Å²) in [6.07, 6.45) is 10.3. The van der Waals surface area contributed by atoms with Gasteiger partial charge in [0.1, 0.15) is 0 Å². The van der Waals surface area contributed by atoms with Crippen LogP contribution in [0.25, 0.3) is 0 Å². The Bertz CT molecular complexity index is 378. The van der Waals surface area contributed by atoms with Crippen molar-refractivity contribution in [3.63, 3.8) is 0 Å². The fourth-order valence-electron chi connectivity index (χ4n) is 4.29. The molecule has 2 unspecified atom stereocenters. The highest BCUT2D eigenvalue weighted by atomic mass is 32.1. The monoisotopic (exact) mass is 280 g/mol. The number of nitrogens with two attached hydrogens (primary N) is 1. The summed E-state index contributed by atoms with van der Waals surface area (Å²) in [6.45, 7) is 0. The first-order valence-electron chi connectivity index (χ1n) is 7.76. The molecular formula is C15H24N2OS. The number of amides is 1. The fraction of sp³-hybridized carbons (Fsp3) is 0.867. The Hall–Kier alpha value is -0.640. The van der Waals surface area contributed by atoms with E-state index in [4.69, 9.17) is 18.0 Å². The predicted molar refractivity (Wildman–Crippen MR) is 79.7 cm³/mol. The van der Waals surface area contributed by atoms with Crippen molar-refractivity contribution in [2.24, 2.45) is 23.5 Å². The van der Waals surface area contributed by atoms with Gasteiger partial charge in [0.15, 0.2) is 0 Å². The zero-order valence-electron chi connectivity index (χ0n) is 11.5. The Labute approximate surface area is 120 Å². The molecule has 0 saturated heterocycles. The fourth-order valence-corrected chi connectivity index (χ4v) is 4.55. The predicted octanol–water partition coefficient (Wildman–Crippen LogP) is 2.53. The van der Waals surface area contributed by atoms with Crippen LogP contribution in [0.4, 0.5) is 0 Å². The lowest BCUT2D eigenvalue weighted by Crippen LogP contribution is -2.57. The van der Waals surface area contributed by atoms with E-state index in [-0.39, 0.29) is 17.4 Å². The third-order valence-corrected chi connectivity index (χ3v) is 5.89. The first-order valence-corrected chi connectivity index (χ1v) is 8.17. The number of carbonyl (C=O) groups excluding carboxylic acids is 1. The van der Waals surface area contributed by atoms with Gasteiger partial charge in [-0.25, -0.2) is 0 Å². The van der Waals surface area contributed by atoms with Gasteiger partial charge in [0.05, 0.1) is 10.5 Å². The number of fused-ring (bicyclic) bond motifs is 1. The number of nitrogens with one attached hydrogen (secondary N) is 1. The van der Waals surface area contributed by atoms with Crippen molar-refractivity contribution in [3.8, 4) is 0 Å². The van der Waals surface area contributed by atoms with Gasteiger partial charge in [-0.05, 0) is 37.5 Å². The molecule has 1 amide bonds. The van der Waals surface area contributed by atoms with E-state index in [9.17, 15) is 4.79 Å². The van der Waals surface area contributed by atoms with Crippen LogP contribution in [0.5, 0.6) is 0 Å². The number of carbonyl (C=O) groups is 1. The number of hydrogen-bond acceptors (Lipinski definition) is 2. The van der Waals surface area contributed by atoms with Gasteiger partial charge >= 0.3 is 0 Å². The second kappa shape index (κ2) is 5.04. The van der Waals surface area contributed by atoms with E-state index in [2.05, 4.69) is 5.32 Å². The zero-order valence-corrected chi connectivity index (χ0v) is 12.3. The van der Waals surface area contributed by atoms with Crippen molar-refractivity contribution in [2.75, 3.05) is 0 Å². The molecule has 3 aliphatic rings. The van der Waals surface area contributed by atoms with E-state index >= 15 is 0 Å². The maximum Gasteiger partial charge on any atom is 0.224 e. The van der Waals surface area contributed by atoms with E-state index in [0.29, 0.717) is 16.8 Å². The minimum absolute atomic E-state index is 0.226. The molecule has 3 N–H and O–H groups in total. The lowest BCUT2D eigenvalue weighted by Gasteiger charge is -2.33. The molecule has 3 aliphatic carbocycles. The van der Waals surface area contributed by atoms with E-state index in [1.807, 2.05) is 0 Å². The quantitative estimate of drug-likeness (QED) is 0.617. The number of hydrogen-bond donors (Lipinski definition) is 2. The van der Waals surface area contributed by atoms with Crippen LogP contribution in [0.1, 0.15) is 57.8 Å². The second-order valence-electron chi connectivity index (χ2n) is 6.63. The van der Waals surface area contributed by atoms with E-state index in [0.717, 1.165) is 25.7 Å². The second-order valence-corrected chi connectivity index (χ2v) is 7.07. The third-order valence-electron chi connectivity index (χ3n) is 5.50. The van der Waals surface area contributed by atoms with Crippen LogP contribution in [0.3, 0.4) is 0 Å². The van der Waals surface area contributed by atoms with E-state index in [1.54, 1.807) is 0 Å². The molecule has 2 atom stereocenters. The van der Waals surface area contributed by atoms with Crippen LogP contribution >= 0.6 is 12.2 Å². The van der Waals surface area contributed by atoms with Crippen LogP contribution < -0.4 is 11.1 Å². The molecule has 0 heterocycles. The Kier molecular flexibility index (Phi) is 3.54. The summed E-state index contributed by atoms with van der Waals surface area (Å²) < 4.78 is 0. The topological polar surface area (TPSA) is 55.1 Å². The molecule has 0 radical (unpaired) electrons. The van der Waals surface area contributed by atoms with Gasteiger partial charge < -0.3 is 11.1 Å². The first kappa shape index (κ1) is 13.3. The minimum atomic E-state index is -0.389. The average Bonchev–Trinajstić information content (AvgIpc) is 2.97. The molecule has 3 fully saturated rings. The van der Waals surface area contributed by atoms with Crippen molar-refractivity contribution in [3.05, 3.63) is 0 Å². The van der Waals surface area contributed by atoms with Crippen molar-refractivity contribution in [2.45, 2.75) is 63.3 Å². The van der Waals surface area contributed by atoms with Gasteiger partial charge in [-0.3, -0.25) is 4.79 Å².